The van der Waals surface area contributed by atoms with Crippen molar-refractivity contribution in [1.29, 1.82) is 0 Å². The topological polar surface area (TPSA) is 59.1 Å². The Kier molecular flexibility index (Phi) is 6.99. The average molecular weight is 298 g/mol. The average Bonchev–Trinajstić information content (AvgIpc) is 2.38. The van der Waals surface area contributed by atoms with Gasteiger partial charge in [-0.1, -0.05) is 39.0 Å². The van der Waals surface area contributed by atoms with Crippen molar-refractivity contribution in [3.63, 3.8) is 0 Å². The first-order chi connectivity index (χ1) is 9.43. The Bertz CT molecular complexity index is 483. The third kappa shape index (κ3) is 6.37. The van der Waals surface area contributed by atoms with Crippen molar-refractivity contribution < 1.29 is 8.42 Å². The van der Waals surface area contributed by atoms with E-state index in [2.05, 4.69) is 24.1 Å². The molecule has 1 rings (SSSR count). The standard InChI is InChI=1S/C15H26N2O2S/c1-4-5-6-7-8-9-13(2)17-14-10-11-15(16-12-14)20(3,18)19/h10-13,17H,4-9H2,1-3H3. The van der Waals surface area contributed by atoms with Crippen molar-refractivity contribution >= 4 is 15.5 Å². The van der Waals surface area contributed by atoms with Crippen LogP contribution in [0.15, 0.2) is 23.4 Å². The van der Waals surface area contributed by atoms with Gasteiger partial charge in [-0.05, 0) is 25.5 Å². The summed E-state index contributed by atoms with van der Waals surface area (Å²) in [6.07, 6.45) is 10.3. The molecule has 0 amide bonds. The van der Waals surface area contributed by atoms with Crippen LogP contribution in [0, 0.1) is 0 Å². The second kappa shape index (κ2) is 8.25. The Balaban J connectivity index is 2.37. The Hall–Kier alpha value is -1.10. The van der Waals surface area contributed by atoms with Crippen molar-refractivity contribution in [1.82, 2.24) is 4.98 Å². The van der Waals surface area contributed by atoms with E-state index < -0.39 is 9.84 Å². The molecule has 4 nitrogen and oxygen atoms in total. The summed E-state index contributed by atoms with van der Waals surface area (Å²) in [7, 11) is -3.21. The second-order valence-corrected chi connectivity index (χ2v) is 7.37. The lowest BCUT2D eigenvalue weighted by Crippen LogP contribution is -2.15. The molecule has 0 saturated carbocycles. The van der Waals surface area contributed by atoms with E-state index in [4.69, 9.17) is 0 Å². The number of unbranched alkanes of at least 4 members (excludes halogenated alkanes) is 4. The molecule has 0 aliphatic rings. The van der Waals surface area contributed by atoms with Gasteiger partial charge in [0.25, 0.3) is 0 Å². The molecule has 1 aromatic rings. The van der Waals surface area contributed by atoms with Crippen LogP contribution >= 0.6 is 0 Å². The number of anilines is 1. The Morgan fingerprint density at radius 1 is 1.20 bits per heavy atom. The number of pyridine rings is 1. The van der Waals surface area contributed by atoms with Crippen LogP contribution in [0.3, 0.4) is 0 Å². The molecular weight excluding hydrogens is 272 g/mol. The monoisotopic (exact) mass is 298 g/mol. The number of nitrogens with zero attached hydrogens (tertiary/aromatic N) is 1. The van der Waals surface area contributed by atoms with Gasteiger partial charge in [0.05, 0.1) is 11.9 Å². The fraction of sp³-hybridized carbons (Fsp3) is 0.667. The third-order valence-electron chi connectivity index (χ3n) is 3.27. The summed E-state index contributed by atoms with van der Waals surface area (Å²) in [6, 6.07) is 3.70. The van der Waals surface area contributed by atoms with Gasteiger partial charge in [-0.3, -0.25) is 0 Å². The Labute approximate surface area is 122 Å². The maximum Gasteiger partial charge on any atom is 0.192 e. The van der Waals surface area contributed by atoms with E-state index in [9.17, 15) is 8.42 Å². The highest BCUT2D eigenvalue weighted by atomic mass is 32.2. The molecule has 20 heavy (non-hydrogen) atoms. The number of nitrogens with one attached hydrogen (secondary N) is 1. The maximum absolute atomic E-state index is 11.3. The minimum Gasteiger partial charge on any atom is -0.381 e. The van der Waals surface area contributed by atoms with Gasteiger partial charge in [0.15, 0.2) is 14.9 Å². The van der Waals surface area contributed by atoms with Gasteiger partial charge < -0.3 is 5.32 Å². The third-order valence-corrected chi connectivity index (χ3v) is 4.27. The molecule has 0 aromatic carbocycles. The summed E-state index contributed by atoms with van der Waals surface area (Å²) in [5, 5.41) is 3.47. The highest BCUT2D eigenvalue weighted by Crippen LogP contribution is 2.14. The summed E-state index contributed by atoms with van der Waals surface area (Å²) in [4.78, 5) is 3.97. The first-order valence-electron chi connectivity index (χ1n) is 7.36. The molecule has 114 valence electrons. The summed E-state index contributed by atoms with van der Waals surface area (Å²) in [6.45, 7) is 4.36. The molecule has 0 fully saturated rings. The number of hydrogen-bond acceptors (Lipinski definition) is 4. The summed E-state index contributed by atoms with van der Waals surface area (Å²) in [5.41, 5.74) is 0.874. The van der Waals surface area contributed by atoms with Gasteiger partial charge in [0, 0.05) is 12.3 Å². The first kappa shape index (κ1) is 17.0. The molecule has 0 spiro atoms. The van der Waals surface area contributed by atoms with Gasteiger partial charge in [0.1, 0.15) is 0 Å². The van der Waals surface area contributed by atoms with Crippen molar-refractivity contribution in [2.45, 2.75) is 63.4 Å². The van der Waals surface area contributed by atoms with E-state index in [1.165, 1.54) is 38.4 Å². The van der Waals surface area contributed by atoms with Crippen LogP contribution < -0.4 is 5.32 Å². The molecule has 0 aliphatic carbocycles. The van der Waals surface area contributed by atoms with E-state index in [1.807, 2.05) is 0 Å². The van der Waals surface area contributed by atoms with E-state index in [0.717, 1.165) is 12.1 Å². The molecule has 1 atom stereocenters. The lowest BCUT2D eigenvalue weighted by atomic mass is 10.1. The number of sulfone groups is 1. The molecule has 1 aromatic heterocycles. The Morgan fingerprint density at radius 2 is 1.90 bits per heavy atom. The zero-order valence-electron chi connectivity index (χ0n) is 12.7. The highest BCUT2D eigenvalue weighted by molar-refractivity contribution is 7.90. The van der Waals surface area contributed by atoms with Gasteiger partial charge in [-0.25, -0.2) is 13.4 Å². The molecule has 0 saturated heterocycles. The van der Waals surface area contributed by atoms with E-state index in [-0.39, 0.29) is 5.03 Å². The summed E-state index contributed by atoms with van der Waals surface area (Å²) >= 11 is 0. The fourth-order valence-electron chi connectivity index (χ4n) is 2.10. The van der Waals surface area contributed by atoms with Crippen LogP contribution in [0.2, 0.25) is 0 Å². The predicted octanol–water partition coefficient (Wildman–Crippen LogP) is 3.65. The van der Waals surface area contributed by atoms with Crippen molar-refractivity contribution in [3.05, 3.63) is 18.3 Å². The summed E-state index contributed by atoms with van der Waals surface area (Å²) in [5.74, 6) is 0. The summed E-state index contributed by atoms with van der Waals surface area (Å²) < 4.78 is 22.6. The maximum atomic E-state index is 11.3. The Morgan fingerprint density at radius 3 is 2.45 bits per heavy atom. The van der Waals surface area contributed by atoms with Crippen LogP contribution in [0.1, 0.15) is 52.4 Å². The van der Waals surface area contributed by atoms with Gasteiger partial charge in [-0.15, -0.1) is 0 Å². The zero-order chi connectivity index (χ0) is 15.0. The zero-order valence-corrected chi connectivity index (χ0v) is 13.5. The van der Waals surface area contributed by atoms with Gasteiger partial charge in [0.2, 0.25) is 0 Å². The molecule has 0 bridgehead atoms. The van der Waals surface area contributed by atoms with E-state index in [0.29, 0.717) is 6.04 Å². The van der Waals surface area contributed by atoms with Gasteiger partial charge in [-0.2, -0.15) is 0 Å². The van der Waals surface area contributed by atoms with Gasteiger partial charge >= 0.3 is 0 Å². The van der Waals surface area contributed by atoms with Crippen LogP contribution in [0.4, 0.5) is 5.69 Å². The van der Waals surface area contributed by atoms with E-state index in [1.54, 1.807) is 18.3 Å². The fourth-order valence-corrected chi connectivity index (χ4v) is 2.66. The van der Waals surface area contributed by atoms with Crippen LogP contribution in [-0.4, -0.2) is 25.7 Å². The SMILES string of the molecule is CCCCCCCC(C)Nc1ccc(S(C)(=O)=O)nc1. The molecule has 5 heteroatoms. The second-order valence-electron chi connectivity index (χ2n) is 5.41. The van der Waals surface area contributed by atoms with E-state index >= 15 is 0 Å². The largest absolute Gasteiger partial charge is 0.381 e. The number of rotatable bonds is 9. The van der Waals surface area contributed by atoms with Crippen molar-refractivity contribution in [3.8, 4) is 0 Å². The molecule has 0 radical (unpaired) electrons. The van der Waals surface area contributed by atoms with Crippen LogP contribution in [0.5, 0.6) is 0 Å². The van der Waals surface area contributed by atoms with Crippen LogP contribution in [-0.2, 0) is 9.84 Å². The van der Waals surface area contributed by atoms with Crippen LogP contribution in [0.25, 0.3) is 0 Å². The number of aromatic nitrogens is 1. The normalized spacial score (nSPS) is 13.2. The van der Waals surface area contributed by atoms with Crippen molar-refractivity contribution in [2.24, 2.45) is 0 Å². The highest BCUT2D eigenvalue weighted by Gasteiger charge is 2.08. The molecule has 1 unspecified atom stereocenters. The smallest absolute Gasteiger partial charge is 0.192 e. The lowest BCUT2D eigenvalue weighted by Gasteiger charge is -2.15. The minimum absolute atomic E-state index is 0.121. The number of hydrogen-bond donors (Lipinski definition) is 1. The van der Waals surface area contributed by atoms with Crippen molar-refractivity contribution in [2.75, 3.05) is 11.6 Å². The predicted molar refractivity (Wildman–Crippen MR) is 83.8 cm³/mol. The molecular formula is C15H26N2O2S. The minimum atomic E-state index is -3.21. The first-order valence-corrected chi connectivity index (χ1v) is 9.25. The quantitative estimate of drug-likeness (QED) is 0.707. The molecule has 0 aliphatic heterocycles. The molecule has 1 N–H and O–H groups in total. The lowest BCUT2D eigenvalue weighted by molar-refractivity contribution is 0.578. The molecule has 1 heterocycles.